The van der Waals surface area contributed by atoms with E-state index in [1.807, 2.05) is 49.1 Å². The van der Waals surface area contributed by atoms with Gasteiger partial charge >= 0.3 is 0 Å². The van der Waals surface area contributed by atoms with Gasteiger partial charge in [-0.25, -0.2) is 0 Å². The van der Waals surface area contributed by atoms with Gasteiger partial charge < -0.3 is 15.4 Å². The molecule has 0 aliphatic carbocycles. The van der Waals surface area contributed by atoms with Gasteiger partial charge in [-0.15, -0.1) is 0 Å². The summed E-state index contributed by atoms with van der Waals surface area (Å²) in [6.45, 7) is 5.89. The number of amides is 1. The Morgan fingerprint density at radius 3 is 2.74 bits per heavy atom. The van der Waals surface area contributed by atoms with Crippen molar-refractivity contribution in [2.45, 2.75) is 31.8 Å². The minimum absolute atomic E-state index is 0.102. The highest BCUT2D eigenvalue weighted by molar-refractivity contribution is 5.78. The molecule has 104 valence electrons. The zero-order valence-electron chi connectivity index (χ0n) is 11.6. The molecule has 1 aliphatic heterocycles. The highest BCUT2D eigenvalue weighted by Gasteiger charge is 2.34. The quantitative estimate of drug-likeness (QED) is 0.902. The zero-order valence-corrected chi connectivity index (χ0v) is 11.6. The number of carbonyl (C=O) groups excluding carboxylic acids is 1. The van der Waals surface area contributed by atoms with Crippen LogP contribution in [0.4, 0.5) is 0 Å². The van der Waals surface area contributed by atoms with Gasteiger partial charge in [0.15, 0.2) is 0 Å². The van der Waals surface area contributed by atoms with Gasteiger partial charge in [0.1, 0.15) is 0 Å². The summed E-state index contributed by atoms with van der Waals surface area (Å²) in [5, 5.41) is 0. The first-order chi connectivity index (χ1) is 9.00. The number of rotatable bonds is 3. The normalized spacial score (nSPS) is 20.1. The smallest absolute Gasteiger partial charge is 0.225 e. The van der Waals surface area contributed by atoms with Crippen molar-refractivity contribution < 1.29 is 9.53 Å². The molecule has 2 N–H and O–H groups in total. The first kappa shape index (κ1) is 14.0. The third kappa shape index (κ3) is 3.33. The van der Waals surface area contributed by atoms with Crippen molar-refractivity contribution >= 4 is 5.91 Å². The van der Waals surface area contributed by atoms with E-state index in [1.165, 1.54) is 0 Å². The van der Waals surface area contributed by atoms with Crippen molar-refractivity contribution in [3.8, 4) is 0 Å². The minimum Gasteiger partial charge on any atom is -0.377 e. The fourth-order valence-electron chi connectivity index (χ4n) is 2.44. The third-order valence-electron chi connectivity index (χ3n) is 3.57. The number of benzene rings is 1. The van der Waals surface area contributed by atoms with E-state index in [9.17, 15) is 4.79 Å². The molecule has 0 aromatic heterocycles. The molecule has 1 aromatic carbocycles. The number of nitrogens with two attached hydrogens (primary N) is 1. The van der Waals surface area contributed by atoms with E-state index in [4.69, 9.17) is 10.5 Å². The van der Waals surface area contributed by atoms with Crippen LogP contribution in [-0.2, 0) is 9.53 Å². The van der Waals surface area contributed by atoms with Gasteiger partial charge in [-0.3, -0.25) is 4.79 Å². The molecule has 1 aliphatic rings. The summed E-state index contributed by atoms with van der Waals surface area (Å²) < 4.78 is 5.43. The van der Waals surface area contributed by atoms with Gasteiger partial charge in [0.05, 0.1) is 18.8 Å². The second-order valence-electron chi connectivity index (χ2n) is 5.63. The lowest BCUT2D eigenvalue weighted by Crippen LogP contribution is -2.55. The fourth-order valence-corrected chi connectivity index (χ4v) is 2.44. The summed E-state index contributed by atoms with van der Waals surface area (Å²) in [5.41, 5.74) is 6.87. The molecule has 0 radical (unpaired) electrons. The lowest BCUT2D eigenvalue weighted by Gasteiger charge is -2.42. The predicted octanol–water partition coefficient (Wildman–Crippen LogP) is 1.71. The highest BCUT2D eigenvalue weighted by atomic mass is 16.5. The van der Waals surface area contributed by atoms with E-state index < -0.39 is 0 Å². The number of hydrogen-bond donors (Lipinski definition) is 1. The molecule has 0 saturated carbocycles. The van der Waals surface area contributed by atoms with Gasteiger partial charge in [0.25, 0.3) is 0 Å². The highest BCUT2D eigenvalue weighted by Crippen LogP contribution is 2.22. The molecular formula is C15H22N2O2. The van der Waals surface area contributed by atoms with Crippen LogP contribution in [0.25, 0.3) is 0 Å². The zero-order chi connectivity index (χ0) is 13.9. The van der Waals surface area contributed by atoms with E-state index in [-0.39, 0.29) is 17.5 Å². The molecule has 1 fully saturated rings. The van der Waals surface area contributed by atoms with Crippen LogP contribution < -0.4 is 5.73 Å². The Hall–Kier alpha value is -1.39. The molecule has 1 atom stereocenters. The summed E-state index contributed by atoms with van der Waals surface area (Å²) in [6.07, 6.45) is 0.341. The molecular weight excluding hydrogens is 240 g/mol. The van der Waals surface area contributed by atoms with E-state index in [0.29, 0.717) is 26.2 Å². The molecule has 1 heterocycles. The SMILES string of the molecule is CC1(C)COCCN1C(=O)CC(N)c1ccccc1. The molecule has 19 heavy (non-hydrogen) atoms. The summed E-state index contributed by atoms with van der Waals surface area (Å²) in [4.78, 5) is 14.3. The van der Waals surface area contributed by atoms with Gasteiger partial charge in [-0.1, -0.05) is 30.3 Å². The van der Waals surface area contributed by atoms with Crippen molar-refractivity contribution in [3.05, 3.63) is 35.9 Å². The average Bonchev–Trinajstić information content (AvgIpc) is 2.39. The molecule has 4 nitrogen and oxygen atoms in total. The average molecular weight is 262 g/mol. The summed E-state index contributed by atoms with van der Waals surface area (Å²) in [5.74, 6) is 0.102. The first-order valence-corrected chi connectivity index (χ1v) is 6.69. The standard InChI is InChI=1S/C15H22N2O2/c1-15(2)11-19-9-8-17(15)14(18)10-13(16)12-6-4-3-5-7-12/h3-7,13H,8-11,16H2,1-2H3. The topological polar surface area (TPSA) is 55.6 Å². The van der Waals surface area contributed by atoms with Crippen LogP contribution in [0, 0.1) is 0 Å². The molecule has 1 aromatic rings. The Bertz CT molecular complexity index is 431. The molecule has 4 heteroatoms. The predicted molar refractivity (Wildman–Crippen MR) is 74.6 cm³/mol. The molecule has 0 spiro atoms. The summed E-state index contributed by atoms with van der Waals surface area (Å²) in [6, 6.07) is 9.51. The second-order valence-corrected chi connectivity index (χ2v) is 5.63. The molecule has 1 unspecified atom stereocenters. The Morgan fingerprint density at radius 1 is 1.42 bits per heavy atom. The van der Waals surface area contributed by atoms with Crippen LogP contribution in [0.15, 0.2) is 30.3 Å². The lowest BCUT2D eigenvalue weighted by molar-refractivity contribution is -0.146. The van der Waals surface area contributed by atoms with Gasteiger partial charge in [0.2, 0.25) is 5.91 Å². The second kappa shape index (κ2) is 5.72. The number of nitrogens with zero attached hydrogens (tertiary/aromatic N) is 1. The van der Waals surface area contributed by atoms with Crippen molar-refractivity contribution in [2.24, 2.45) is 5.73 Å². The van der Waals surface area contributed by atoms with Gasteiger partial charge in [0, 0.05) is 19.0 Å². The molecule has 1 saturated heterocycles. The molecule has 1 amide bonds. The Balaban J connectivity index is 2.01. The largest absolute Gasteiger partial charge is 0.377 e. The van der Waals surface area contributed by atoms with E-state index >= 15 is 0 Å². The lowest BCUT2D eigenvalue weighted by atomic mass is 9.99. The van der Waals surface area contributed by atoms with Crippen LogP contribution >= 0.6 is 0 Å². The summed E-state index contributed by atoms with van der Waals surface area (Å²) in [7, 11) is 0. The summed E-state index contributed by atoms with van der Waals surface area (Å²) >= 11 is 0. The maximum absolute atomic E-state index is 12.4. The Morgan fingerprint density at radius 2 is 2.11 bits per heavy atom. The maximum Gasteiger partial charge on any atom is 0.225 e. The minimum atomic E-state index is -0.244. The van der Waals surface area contributed by atoms with Crippen molar-refractivity contribution in [1.82, 2.24) is 4.90 Å². The Labute approximate surface area is 114 Å². The van der Waals surface area contributed by atoms with Crippen LogP contribution in [0.5, 0.6) is 0 Å². The van der Waals surface area contributed by atoms with Crippen LogP contribution in [0.1, 0.15) is 31.9 Å². The molecule has 0 bridgehead atoms. The van der Waals surface area contributed by atoms with Crippen LogP contribution in [0.3, 0.4) is 0 Å². The van der Waals surface area contributed by atoms with Crippen LogP contribution in [-0.4, -0.2) is 36.1 Å². The number of morpholine rings is 1. The van der Waals surface area contributed by atoms with E-state index in [0.717, 1.165) is 5.56 Å². The van der Waals surface area contributed by atoms with Crippen molar-refractivity contribution in [1.29, 1.82) is 0 Å². The number of carbonyl (C=O) groups is 1. The third-order valence-corrected chi connectivity index (χ3v) is 3.57. The van der Waals surface area contributed by atoms with Crippen LogP contribution in [0.2, 0.25) is 0 Å². The maximum atomic E-state index is 12.4. The van der Waals surface area contributed by atoms with Gasteiger partial charge in [-0.05, 0) is 19.4 Å². The van der Waals surface area contributed by atoms with Gasteiger partial charge in [-0.2, -0.15) is 0 Å². The van der Waals surface area contributed by atoms with Crippen molar-refractivity contribution in [3.63, 3.8) is 0 Å². The van der Waals surface area contributed by atoms with Crippen molar-refractivity contribution in [2.75, 3.05) is 19.8 Å². The monoisotopic (exact) mass is 262 g/mol. The van der Waals surface area contributed by atoms with E-state index in [2.05, 4.69) is 0 Å². The fraction of sp³-hybridized carbons (Fsp3) is 0.533. The first-order valence-electron chi connectivity index (χ1n) is 6.69. The number of ether oxygens (including phenoxy) is 1. The number of hydrogen-bond acceptors (Lipinski definition) is 3. The Kier molecular flexibility index (Phi) is 4.22. The van der Waals surface area contributed by atoms with E-state index in [1.54, 1.807) is 0 Å². The molecule has 2 rings (SSSR count).